The van der Waals surface area contributed by atoms with Crippen LogP contribution in [-0.4, -0.2) is 5.11 Å². The number of hydrogen-bond acceptors (Lipinski definition) is 1. The summed E-state index contributed by atoms with van der Waals surface area (Å²) in [6.45, 7) is 0. The minimum Gasteiger partial charge on any atom is -0.507 e. The van der Waals surface area contributed by atoms with E-state index >= 15 is 0 Å². The second-order valence-electron chi connectivity index (χ2n) is 2.01. The van der Waals surface area contributed by atoms with Gasteiger partial charge >= 0.3 is 0 Å². The lowest BCUT2D eigenvalue weighted by Gasteiger charge is -2.03. The molecule has 0 unspecified atom stereocenters. The molecule has 11 heavy (non-hydrogen) atoms. The van der Waals surface area contributed by atoms with Crippen LogP contribution in [0.1, 0.15) is 5.56 Å². The molecule has 0 saturated carbocycles. The van der Waals surface area contributed by atoms with Crippen molar-refractivity contribution < 1.29 is 5.11 Å². The fraction of sp³-hybridized carbons (Fsp3) is 0.143. The van der Waals surface area contributed by atoms with Crippen LogP contribution in [0.5, 0.6) is 5.75 Å². The average molecular weight is 345 g/mol. The highest BCUT2D eigenvalue weighted by Gasteiger charge is 2.06. The predicted molar refractivity (Wildman–Crippen MR) is 56.1 cm³/mol. The zero-order chi connectivity index (χ0) is 8.43. The minimum absolute atomic E-state index is 0.251. The van der Waals surface area contributed by atoms with Crippen LogP contribution >= 0.6 is 47.8 Å². The van der Waals surface area contributed by atoms with E-state index < -0.39 is 0 Å². The summed E-state index contributed by atoms with van der Waals surface area (Å²) in [5, 5.41) is 10.00. The molecular weight excluding hydrogens is 340 g/mol. The first-order valence-electron chi connectivity index (χ1n) is 2.88. The molecule has 0 saturated heterocycles. The maximum Gasteiger partial charge on any atom is 0.130 e. The third-order valence-electron chi connectivity index (χ3n) is 1.29. The molecule has 0 amide bonds. The minimum atomic E-state index is 0.251. The van der Waals surface area contributed by atoms with Gasteiger partial charge in [-0.15, -0.1) is 0 Å². The molecule has 0 spiro atoms. The van der Waals surface area contributed by atoms with E-state index in [1.165, 1.54) is 0 Å². The Morgan fingerprint density at radius 2 is 1.82 bits per heavy atom. The summed E-state index contributed by atoms with van der Waals surface area (Å²) in [6.07, 6.45) is 0. The van der Waals surface area contributed by atoms with Gasteiger partial charge in [-0.05, 0) is 43.5 Å². The van der Waals surface area contributed by atoms with Gasteiger partial charge in [0.25, 0.3) is 0 Å². The van der Waals surface area contributed by atoms with Gasteiger partial charge in [0.15, 0.2) is 0 Å². The van der Waals surface area contributed by atoms with Gasteiger partial charge in [-0.2, -0.15) is 0 Å². The van der Waals surface area contributed by atoms with Crippen LogP contribution in [0.3, 0.4) is 0 Å². The fourth-order valence-corrected chi connectivity index (χ4v) is 2.39. The summed E-state index contributed by atoms with van der Waals surface area (Å²) in [5.41, 5.74) is 1.11. The third kappa shape index (κ3) is 1.98. The van der Waals surface area contributed by atoms with E-state index in [1.54, 1.807) is 6.07 Å². The SMILES string of the molecule is Oc1ccc(CBr)c(Br)c1Br. The molecule has 60 valence electrons. The van der Waals surface area contributed by atoms with E-state index in [1.807, 2.05) is 6.07 Å². The van der Waals surface area contributed by atoms with E-state index in [9.17, 15) is 5.11 Å². The summed E-state index contributed by atoms with van der Waals surface area (Å²) >= 11 is 9.94. The topological polar surface area (TPSA) is 20.2 Å². The summed E-state index contributed by atoms with van der Waals surface area (Å²) in [6, 6.07) is 3.52. The van der Waals surface area contributed by atoms with Gasteiger partial charge in [-0.25, -0.2) is 0 Å². The number of alkyl halides is 1. The van der Waals surface area contributed by atoms with Crippen LogP contribution in [0.25, 0.3) is 0 Å². The highest BCUT2D eigenvalue weighted by atomic mass is 79.9. The molecule has 1 aromatic carbocycles. The Kier molecular flexibility index (Phi) is 3.40. The molecule has 1 nitrogen and oxygen atoms in total. The molecule has 1 rings (SSSR count). The number of hydrogen-bond donors (Lipinski definition) is 1. The number of halogens is 3. The zero-order valence-electron chi connectivity index (χ0n) is 5.44. The Balaban J connectivity index is 3.25. The van der Waals surface area contributed by atoms with Crippen molar-refractivity contribution in [1.82, 2.24) is 0 Å². The maximum absolute atomic E-state index is 9.23. The van der Waals surface area contributed by atoms with Gasteiger partial charge in [0, 0.05) is 9.80 Å². The molecule has 1 aromatic rings. The maximum atomic E-state index is 9.23. The molecule has 0 atom stereocenters. The highest BCUT2D eigenvalue weighted by molar-refractivity contribution is 9.13. The van der Waals surface area contributed by atoms with Crippen molar-refractivity contribution in [1.29, 1.82) is 0 Å². The number of phenolic OH excluding ortho intramolecular Hbond substituents is 1. The van der Waals surface area contributed by atoms with Crippen LogP contribution in [0.4, 0.5) is 0 Å². The molecule has 0 aliphatic heterocycles. The van der Waals surface area contributed by atoms with Gasteiger partial charge < -0.3 is 5.11 Å². The monoisotopic (exact) mass is 342 g/mol. The molecule has 0 aliphatic rings. The smallest absolute Gasteiger partial charge is 0.130 e. The first-order chi connectivity index (χ1) is 5.16. The summed E-state index contributed by atoms with van der Waals surface area (Å²) in [5.74, 6) is 0.251. The summed E-state index contributed by atoms with van der Waals surface area (Å²) in [7, 11) is 0. The molecule has 4 heteroatoms. The van der Waals surface area contributed by atoms with Gasteiger partial charge in [-0.3, -0.25) is 0 Å². The lowest BCUT2D eigenvalue weighted by atomic mass is 10.2. The van der Waals surface area contributed by atoms with Gasteiger partial charge in [0.2, 0.25) is 0 Å². The molecule has 0 heterocycles. The largest absolute Gasteiger partial charge is 0.507 e. The molecule has 0 aromatic heterocycles. The van der Waals surface area contributed by atoms with Crippen molar-refractivity contribution >= 4 is 47.8 Å². The Morgan fingerprint density at radius 1 is 1.18 bits per heavy atom. The Morgan fingerprint density at radius 3 is 2.36 bits per heavy atom. The van der Waals surface area contributed by atoms with Crippen LogP contribution < -0.4 is 0 Å². The zero-order valence-corrected chi connectivity index (χ0v) is 10.2. The average Bonchev–Trinajstić information content (AvgIpc) is 2.01. The Hall–Kier alpha value is 0.460. The van der Waals surface area contributed by atoms with Crippen molar-refractivity contribution in [2.24, 2.45) is 0 Å². The van der Waals surface area contributed by atoms with Crippen LogP contribution in [-0.2, 0) is 5.33 Å². The van der Waals surface area contributed by atoms with Crippen molar-refractivity contribution in [3.05, 3.63) is 26.6 Å². The summed E-state index contributed by atoms with van der Waals surface area (Å²) in [4.78, 5) is 0. The van der Waals surface area contributed by atoms with Crippen LogP contribution in [0.15, 0.2) is 21.1 Å². The standard InChI is InChI=1S/C7H5Br3O/c8-3-4-1-2-5(11)7(10)6(4)9/h1-2,11H,3H2. The lowest BCUT2D eigenvalue weighted by Crippen LogP contribution is -1.81. The van der Waals surface area contributed by atoms with Gasteiger partial charge in [0.05, 0.1) is 4.47 Å². The molecule has 0 bridgehead atoms. The number of phenols is 1. The Labute approximate surface area is 90.2 Å². The van der Waals surface area contributed by atoms with E-state index in [0.717, 1.165) is 15.4 Å². The van der Waals surface area contributed by atoms with E-state index in [0.29, 0.717) is 4.47 Å². The molecule has 1 N–H and O–H groups in total. The van der Waals surface area contributed by atoms with E-state index in [-0.39, 0.29) is 5.75 Å². The van der Waals surface area contributed by atoms with Crippen molar-refractivity contribution in [2.45, 2.75) is 5.33 Å². The lowest BCUT2D eigenvalue weighted by molar-refractivity contribution is 0.471. The van der Waals surface area contributed by atoms with Gasteiger partial charge in [-0.1, -0.05) is 22.0 Å². The second kappa shape index (κ2) is 3.92. The quantitative estimate of drug-likeness (QED) is 0.768. The third-order valence-corrected chi connectivity index (χ3v) is 4.13. The van der Waals surface area contributed by atoms with Gasteiger partial charge in [0.1, 0.15) is 5.75 Å². The molecule has 0 fully saturated rings. The van der Waals surface area contributed by atoms with Crippen molar-refractivity contribution in [3.63, 3.8) is 0 Å². The summed E-state index contributed by atoms with van der Waals surface area (Å²) < 4.78 is 1.60. The van der Waals surface area contributed by atoms with Crippen LogP contribution in [0, 0.1) is 0 Å². The fourth-order valence-electron chi connectivity index (χ4n) is 0.682. The molecule has 0 aliphatic carbocycles. The predicted octanol–water partition coefficient (Wildman–Crippen LogP) is 3.81. The number of rotatable bonds is 1. The van der Waals surface area contributed by atoms with Crippen LogP contribution in [0.2, 0.25) is 0 Å². The second-order valence-corrected chi connectivity index (χ2v) is 4.15. The van der Waals surface area contributed by atoms with Crippen molar-refractivity contribution in [3.8, 4) is 5.75 Å². The molecular formula is C7H5Br3O. The first-order valence-corrected chi connectivity index (χ1v) is 5.59. The Bertz CT molecular complexity index is 273. The van der Waals surface area contributed by atoms with E-state index in [4.69, 9.17) is 0 Å². The van der Waals surface area contributed by atoms with Crippen molar-refractivity contribution in [2.75, 3.05) is 0 Å². The van der Waals surface area contributed by atoms with E-state index in [2.05, 4.69) is 47.8 Å². The number of benzene rings is 1. The highest BCUT2D eigenvalue weighted by Crippen LogP contribution is 2.35. The first kappa shape index (κ1) is 9.55. The normalized spacial score (nSPS) is 10.1. The number of aromatic hydroxyl groups is 1. The molecule has 0 radical (unpaired) electrons.